The zero-order valence-corrected chi connectivity index (χ0v) is 19.7. The van der Waals surface area contributed by atoms with Gasteiger partial charge in [-0.25, -0.2) is 0 Å². The number of rotatable bonds is 7. The second-order valence-corrected chi connectivity index (χ2v) is 11.0. The van der Waals surface area contributed by atoms with Crippen LogP contribution in [0.2, 0.25) is 0 Å². The fourth-order valence-electron chi connectivity index (χ4n) is 6.95. The van der Waals surface area contributed by atoms with Gasteiger partial charge in [0.15, 0.2) is 0 Å². The molecule has 5 aliphatic rings. The van der Waals surface area contributed by atoms with E-state index in [4.69, 9.17) is 17.3 Å². The summed E-state index contributed by atoms with van der Waals surface area (Å²) in [7, 11) is 0. The Balaban J connectivity index is 1.29. The molecule has 1 aromatic rings. The molecule has 2 aliphatic heterocycles. The number of carbonyl (C=O) groups is 2. The number of nitrogens with two attached hydrogens (primary N) is 1. The standard InChI is InChI=1S/C26H34ClN3O2/c1-15(16(2)25-21(18-6-7-18)4-3-5-22(25)28)8-24(32)30-19-9-17-10-20(30)13-26(11-17,12-19)29-23(31)14-27/h3-5,15,17-20H,2,6-14,28H2,1H3,(H,29,31). The first-order chi connectivity index (χ1) is 15.3. The highest BCUT2D eigenvalue weighted by Crippen LogP contribution is 2.52. The quantitative estimate of drug-likeness (QED) is 0.471. The van der Waals surface area contributed by atoms with E-state index in [9.17, 15) is 9.59 Å². The van der Waals surface area contributed by atoms with Gasteiger partial charge in [0.05, 0.1) is 0 Å². The second kappa shape index (κ2) is 8.09. The number of allylic oxidation sites excluding steroid dienone is 1. The molecule has 3 atom stereocenters. The number of halogens is 1. The number of nitrogen functional groups attached to an aromatic ring is 1. The van der Waals surface area contributed by atoms with Crippen molar-refractivity contribution in [3.63, 3.8) is 0 Å². The molecule has 6 heteroatoms. The highest BCUT2D eigenvalue weighted by Gasteiger charge is 2.56. The topological polar surface area (TPSA) is 75.4 Å². The fraction of sp³-hybridized carbons (Fsp3) is 0.615. The second-order valence-electron chi connectivity index (χ2n) is 10.7. The van der Waals surface area contributed by atoms with Gasteiger partial charge in [-0.1, -0.05) is 25.6 Å². The molecule has 6 rings (SSSR count). The third-order valence-corrected chi connectivity index (χ3v) is 8.53. The summed E-state index contributed by atoms with van der Waals surface area (Å²) in [6.45, 7) is 6.49. The van der Waals surface area contributed by atoms with Crippen LogP contribution in [-0.4, -0.2) is 40.2 Å². The van der Waals surface area contributed by atoms with Crippen LogP contribution in [0.5, 0.6) is 0 Å². The van der Waals surface area contributed by atoms with Gasteiger partial charge in [-0.15, -0.1) is 11.6 Å². The number of piperidine rings is 2. The van der Waals surface area contributed by atoms with E-state index >= 15 is 0 Å². The van der Waals surface area contributed by atoms with Crippen LogP contribution in [0.4, 0.5) is 5.69 Å². The van der Waals surface area contributed by atoms with E-state index in [1.807, 2.05) is 12.1 Å². The summed E-state index contributed by atoms with van der Waals surface area (Å²) in [6.07, 6.45) is 7.68. The summed E-state index contributed by atoms with van der Waals surface area (Å²) < 4.78 is 0. The number of amides is 2. The van der Waals surface area contributed by atoms with E-state index < -0.39 is 0 Å². The van der Waals surface area contributed by atoms with Gasteiger partial charge in [-0.3, -0.25) is 9.59 Å². The largest absolute Gasteiger partial charge is 0.398 e. The number of hydrogen-bond donors (Lipinski definition) is 2. The van der Waals surface area contributed by atoms with Crippen molar-refractivity contribution in [2.45, 2.75) is 81.8 Å². The van der Waals surface area contributed by atoms with Crippen molar-refractivity contribution in [1.82, 2.24) is 10.2 Å². The molecule has 2 amide bonds. The van der Waals surface area contributed by atoms with Crippen molar-refractivity contribution in [2.75, 3.05) is 11.6 Å². The predicted molar refractivity (Wildman–Crippen MR) is 128 cm³/mol. The third-order valence-electron chi connectivity index (χ3n) is 8.29. The molecule has 3 saturated carbocycles. The Morgan fingerprint density at radius 1 is 1.25 bits per heavy atom. The molecular formula is C26H34ClN3O2. The average Bonchev–Trinajstić information content (AvgIpc) is 3.57. The highest BCUT2D eigenvalue weighted by atomic mass is 35.5. The third kappa shape index (κ3) is 3.83. The lowest BCUT2D eigenvalue weighted by Gasteiger charge is -2.61. The van der Waals surface area contributed by atoms with Gasteiger partial charge in [0.2, 0.25) is 11.8 Å². The molecule has 2 heterocycles. The molecule has 32 heavy (non-hydrogen) atoms. The Morgan fingerprint density at radius 3 is 2.56 bits per heavy atom. The molecule has 3 unspecified atom stereocenters. The maximum atomic E-state index is 13.5. The SMILES string of the molecule is C=C(c1c(N)cccc1C1CC1)C(C)CC(=O)N1C2CC3CC1CC(NC(=O)CCl)(C3)C2. The molecule has 1 aromatic carbocycles. The number of nitrogens with zero attached hydrogens (tertiary/aromatic N) is 1. The van der Waals surface area contributed by atoms with Crippen LogP contribution in [0.15, 0.2) is 24.8 Å². The average molecular weight is 456 g/mol. The zero-order valence-electron chi connectivity index (χ0n) is 18.9. The van der Waals surface area contributed by atoms with Gasteiger partial charge < -0.3 is 16.0 Å². The zero-order chi connectivity index (χ0) is 22.6. The molecule has 0 spiro atoms. The summed E-state index contributed by atoms with van der Waals surface area (Å²) in [5.74, 6) is 1.32. The summed E-state index contributed by atoms with van der Waals surface area (Å²) in [4.78, 5) is 27.7. The van der Waals surface area contributed by atoms with E-state index in [0.29, 0.717) is 18.3 Å². The minimum Gasteiger partial charge on any atom is -0.398 e. The fourth-order valence-corrected chi connectivity index (χ4v) is 7.01. The molecule has 2 saturated heterocycles. The minimum atomic E-state index is -0.174. The molecular weight excluding hydrogens is 422 g/mol. The van der Waals surface area contributed by atoms with Crippen LogP contribution in [0.25, 0.3) is 5.57 Å². The lowest BCUT2D eigenvalue weighted by atomic mass is 9.59. The Morgan fingerprint density at radius 2 is 1.94 bits per heavy atom. The lowest BCUT2D eigenvalue weighted by molar-refractivity contribution is -0.154. The Hall–Kier alpha value is -2.01. The van der Waals surface area contributed by atoms with Gasteiger partial charge in [-0.2, -0.15) is 0 Å². The van der Waals surface area contributed by atoms with Crippen LogP contribution in [0.1, 0.15) is 75.3 Å². The van der Waals surface area contributed by atoms with Crippen molar-refractivity contribution in [1.29, 1.82) is 0 Å². The van der Waals surface area contributed by atoms with Crippen molar-refractivity contribution in [3.8, 4) is 0 Å². The number of benzene rings is 1. The van der Waals surface area contributed by atoms with Gasteiger partial charge >= 0.3 is 0 Å². The summed E-state index contributed by atoms with van der Waals surface area (Å²) in [6, 6.07) is 6.56. The van der Waals surface area contributed by atoms with Crippen LogP contribution in [0, 0.1) is 11.8 Å². The molecule has 0 aromatic heterocycles. The van der Waals surface area contributed by atoms with E-state index in [0.717, 1.165) is 48.9 Å². The van der Waals surface area contributed by atoms with Crippen LogP contribution in [-0.2, 0) is 9.59 Å². The van der Waals surface area contributed by atoms with Crippen molar-refractivity contribution >= 4 is 34.7 Å². The van der Waals surface area contributed by atoms with Gasteiger partial charge in [-0.05, 0) is 79.9 Å². The Kier molecular flexibility index (Phi) is 5.51. The van der Waals surface area contributed by atoms with Crippen LogP contribution in [0.3, 0.4) is 0 Å². The molecule has 4 bridgehead atoms. The molecule has 3 N–H and O–H groups in total. The van der Waals surface area contributed by atoms with E-state index in [1.54, 1.807) is 0 Å². The Labute approximate surface area is 195 Å². The van der Waals surface area contributed by atoms with E-state index in [1.165, 1.54) is 18.4 Å². The maximum Gasteiger partial charge on any atom is 0.235 e. The maximum absolute atomic E-state index is 13.5. The Bertz CT molecular complexity index is 940. The number of anilines is 1. The van der Waals surface area contributed by atoms with Crippen molar-refractivity contribution < 1.29 is 9.59 Å². The van der Waals surface area contributed by atoms with Crippen molar-refractivity contribution in [3.05, 3.63) is 35.9 Å². The van der Waals surface area contributed by atoms with Crippen LogP contribution >= 0.6 is 11.6 Å². The first kappa shape index (κ1) is 21.8. The first-order valence-corrected chi connectivity index (χ1v) is 12.6. The molecule has 0 radical (unpaired) electrons. The van der Waals surface area contributed by atoms with E-state index in [2.05, 4.69) is 29.8 Å². The van der Waals surface area contributed by atoms with Gasteiger partial charge in [0.25, 0.3) is 0 Å². The molecule has 172 valence electrons. The van der Waals surface area contributed by atoms with Crippen molar-refractivity contribution in [2.24, 2.45) is 11.8 Å². The minimum absolute atomic E-state index is 0.00448. The number of hydrogen-bond acceptors (Lipinski definition) is 3. The number of alkyl halides is 1. The smallest absolute Gasteiger partial charge is 0.235 e. The lowest BCUT2D eigenvalue weighted by Crippen LogP contribution is -2.70. The van der Waals surface area contributed by atoms with E-state index in [-0.39, 0.29) is 41.2 Å². The molecule has 5 nitrogen and oxygen atoms in total. The van der Waals surface area contributed by atoms with Gasteiger partial charge in [0, 0.05) is 35.3 Å². The van der Waals surface area contributed by atoms with Crippen LogP contribution < -0.4 is 11.1 Å². The first-order valence-electron chi connectivity index (χ1n) is 12.1. The normalized spacial score (nSPS) is 31.4. The summed E-state index contributed by atoms with van der Waals surface area (Å²) >= 11 is 5.76. The summed E-state index contributed by atoms with van der Waals surface area (Å²) in [5.41, 5.74) is 10.3. The summed E-state index contributed by atoms with van der Waals surface area (Å²) in [5, 5.41) is 3.21. The number of carbonyl (C=O) groups excluding carboxylic acids is 2. The van der Waals surface area contributed by atoms with Gasteiger partial charge in [0.1, 0.15) is 5.88 Å². The highest BCUT2D eigenvalue weighted by molar-refractivity contribution is 6.27. The predicted octanol–water partition coefficient (Wildman–Crippen LogP) is 4.45. The molecule has 5 fully saturated rings. The number of nitrogens with one attached hydrogen (secondary N) is 1. The molecule has 3 aliphatic carbocycles. The monoisotopic (exact) mass is 455 g/mol.